The molecule has 0 fully saturated rings. The molecule has 0 radical (unpaired) electrons. The van der Waals surface area contributed by atoms with Crippen molar-refractivity contribution in [2.75, 3.05) is 4.90 Å². The van der Waals surface area contributed by atoms with Gasteiger partial charge in [0.05, 0.1) is 10.4 Å². The van der Waals surface area contributed by atoms with Crippen molar-refractivity contribution in [2.24, 2.45) is 0 Å². The lowest BCUT2D eigenvalue weighted by atomic mass is 9.99. The van der Waals surface area contributed by atoms with E-state index in [-0.39, 0.29) is 0 Å². The molecule has 1 heterocycles. The Morgan fingerprint density at radius 2 is 0.854 bits per heavy atom. The van der Waals surface area contributed by atoms with E-state index in [1.165, 1.54) is 70.0 Å². The second kappa shape index (κ2) is 12.0. The number of hydrogen-bond donors (Lipinski definition) is 0. The van der Waals surface area contributed by atoms with E-state index in [2.05, 4.69) is 193 Å². The van der Waals surface area contributed by atoms with E-state index in [0.717, 1.165) is 11.4 Å². The first-order valence-corrected chi connectivity index (χ1v) is 17.2. The van der Waals surface area contributed by atoms with Gasteiger partial charge < -0.3 is 4.90 Å². The minimum absolute atomic E-state index is 1.12. The van der Waals surface area contributed by atoms with Crippen molar-refractivity contribution in [1.82, 2.24) is 0 Å². The zero-order valence-corrected chi connectivity index (χ0v) is 27.1. The molecule has 9 aromatic rings. The number of benzene rings is 8. The van der Waals surface area contributed by atoms with Crippen molar-refractivity contribution in [1.29, 1.82) is 0 Å². The summed E-state index contributed by atoms with van der Waals surface area (Å²) in [7, 11) is 0. The fourth-order valence-electron chi connectivity index (χ4n) is 6.87. The summed E-state index contributed by atoms with van der Waals surface area (Å²) >= 11 is 1.88. The molecule has 1 aromatic heterocycles. The van der Waals surface area contributed by atoms with Crippen molar-refractivity contribution in [3.63, 3.8) is 0 Å². The Bertz CT molecular complexity index is 2530. The summed E-state index contributed by atoms with van der Waals surface area (Å²) in [6, 6.07) is 68.1. The van der Waals surface area contributed by atoms with Gasteiger partial charge in [0.1, 0.15) is 0 Å². The van der Waals surface area contributed by atoms with Crippen molar-refractivity contribution in [3.8, 4) is 33.4 Å². The highest BCUT2D eigenvalue weighted by Gasteiger charge is 2.22. The third-order valence-electron chi connectivity index (χ3n) is 9.25. The first-order chi connectivity index (χ1) is 23.8. The lowest BCUT2D eigenvalue weighted by Gasteiger charge is -2.28. The number of hydrogen-bond acceptors (Lipinski definition) is 2. The predicted octanol–water partition coefficient (Wildman–Crippen LogP) is 13.7. The minimum Gasteiger partial charge on any atom is -0.308 e. The van der Waals surface area contributed by atoms with Gasteiger partial charge in [0.15, 0.2) is 0 Å². The summed E-state index contributed by atoms with van der Waals surface area (Å²) < 4.78 is 2.59. The molecular formula is C46H31NS. The van der Waals surface area contributed by atoms with Gasteiger partial charge in [-0.1, -0.05) is 152 Å². The van der Waals surface area contributed by atoms with E-state index in [1.807, 2.05) is 11.3 Å². The topological polar surface area (TPSA) is 3.24 Å². The molecule has 0 aliphatic rings. The number of anilines is 3. The van der Waals surface area contributed by atoms with Crippen molar-refractivity contribution < 1.29 is 0 Å². The quantitative estimate of drug-likeness (QED) is 0.177. The van der Waals surface area contributed by atoms with E-state index >= 15 is 0 Å². The fourth-order valence-corrected chi connectivity index (χ4v) is 8.11. The Balaban J connectivity index is 1.23. The highest BCUT2D eigenvalue weighted by Crippen LogP contribution is 2.49. The average molecular weight is 630 g/mol. The molecule has 1 nitrogen and oxygen atoms in total. The number of rotatable bonds is 6. The van der Waals surface area contributed by atoms with Gasteiger partial charge in [0.2, 0.25) is 0 Å². The summed E-state index contributed by atoms with van der Waals surface area (Å²) in [4.78, 5) is 2.47. The van der Waals surface area contributed by atoms with Crippen LogP contribution in [-0.4, -0.2) is 0 Å². The lowest BCUT2D eigenvalue weighted by Crippen LogP contribution is -2.11. The molecule has 0 bridgehead atoms. The van der Waals surface area contributed by atoms with Crippen LogP contribution in [0, 0.1) is 0 Å². The maximum absolute atomic E-state index is 2.47. The Hall–Kier alpha value is -5.96. The highest BCUT2D eigenvalue weighted by atomic mass is 32.1. The van der Waals surface area contributed by atoms with Gasteiger partial charge in [0.25, 0.3) is 0 Å². The minimum atomic E-state index is 1.12. The van der Waals surface area contributed by atoms with Crippen LogP contribution in [0.5, 0.6) is 0 Å². The zero-order chi connectivity index (χ0) is 31.9. The summed E-state index contributed by atoms with van der Waals surface area (Å²) in [6.45, 7) is 0. The fraction of sp³-hybridized carbons (Fsp3) is 0. The van der Waals surface area contributed by atoms with Crippen LogP contribution in [0.25, 0.3) is 64.3 Å². The molecule has 0 spiro atoms. The molecule has 0 amide bonds. The van der Waals surface area contributed by atoms with Gasteiger partial charge in [-0.15, -0.1) is 11.3 Å². The van der Waals surface area contributed by atoms with Crippen LogP contribution in [0.2, 0.25) is 0 Å². The second-order valence-electron chi connectivity index (χ2n) is 12.2. The van der Waals surface area contributed by atoms with E-state index in [0.29, 0.717) is 0 Å². The maximum atomic E-state index is 2.47. The Kier molecular flexibility index (Phi) is 7.07. The van der Waals surface area contributed by atoms with Crippen LogP contribution in [0.4, 0.5) is 17.1 Å². The molecule has 9 rings (SSSR count). The van der Waals surface area contributed by atoms with Crippen LogP contribution >= 0.6 is 11.3 Å². The summed E-state index contributed by atoms with van der Waals surface area (Å²) in [6.07, 6.45) is 0. The molecule has 8 aromatic carbocycles. The van der Waals surface area contributed by atoms with Crippen molar-refractivity contribution >= 4 is 59.3 Å². The first-order valence-electron chi connectivity index (χ1n) is 16.3. The SMILES string of the molecule is c1ccc(-c2ccc(-c3ccc(N(c4cccc(-c5ccccc5)c4)c4c5ccccc5cc5c4sc4ccccc45)cc3)cc2)cc1. The average Bonchev–Trinajstić information content (AvgIpc) is 3.54. The van der Waals surface area contributed by atoms with Crippen LogP contribution < -0.4 is 4.90 Å². The Morgan fingerprint density at radius 3 is 1.54 bits per heavy atom. The second-order valence-corrected chi connectivity index (χ2v) is 13.2. The van der Waals surface area contributed by atoms with E-state index in [9.17, 15) is 0 Å². The van der Waals surface area contributed by atoms with Gasteiger partial charge >= 0.3 is 0 Å². The predicted molar refractivity (Wildman–Crippen MR) is 208 cm³/mol. The summed E-state index contributed by atoms with van der Waals surface area (Å²) in [5.41, 5.74) is 10.7. The van der Waals surface area contributed by atoms with Crippen LogP contribution in [-0.2, 0) is 0 Å². The third kappa shape index (κ3) is 5.04. The van der Waals surface area contributed by atoms with Gasteiger partial charge in [-0.25, -0.2) is 0 Å². The van der Waals surface area contributed by atoms with Crippen LogP contribution in [0.15, 0.2) is 188 Å². The summed E-state index contributed by atoms with van der Waals surface area (Å²) in [5.74, 6) is 0. The van der Waals surface area contributed by atoms with Gasteiger partial charge in [-0.3, -0.25) is 0 Å². The molecule has 0 unspecified atom stereocenters. The van der Waals surface area contributed by atoms with E-state index in [1.54, 1.807) is 0 Å². The third-order valence-corrected chi connectivity index (χ3v) is 10.4. The molecule has 226 valence electrons. The number of thiophene rings is 1. The molecule has 48 heavy (non-hydrogen) atoms. The van der Waals surface area contributed by atoms with Crippen molar-refractivity contribution in [2.45, 2.75) is 0 Å². The largest absolute Gasteiger partial charge is 0.308 e. The van der Waals surface area contributed by atoms with Crippen molar-refractivity contribution in [3.05, 3.63) is 188 Å². The maximum Gasteiger partial charge on any atom is 0.0718 e. The molecule has 0 saturated carbocycles. The Morgan fingerprint density at radius 1 is 0.333 bits per heavy atom. The molecule has 0 aliphatic carbocycles. The number of nitrogens with zero attached hydrogens (tertiary/aromatic N) is 1. The summed E-state index contributed by atoms with van der Waals surface area (Å²) in [5, 5.41) is 5.07. The number of fused-ring (bicyclic) bond motifs is 4. The van der Waals surface area contributed by atoms with Crippen LogP contribution in [0.1, 0.15) is 0 Å². The van der Waals surface area contributed by atoms with Crippen LogP contribution in [0.3, 0.4) is 0 Å². The lowest BCUT2D eigenvalue weighted by molar-refractivity contribution is 1.31. The molecule has 0 saturated heterocycles. The van der Waals surface area contributed by atoms with Gasteiger partial charge in [-0.2, -0.15) is 0 Å². The smallest absolute Gasteiger partial charge is 0.0718 e. The van der Waals surface area contributed by atoms with E-state index in [4.69, 9.17) is 0 Å². The monoisotopic (exact) mass is 629 g/mol. The highest BCUT2D eigenvalue weighted by molar-refractivity contribution is 7.26. The zero-order valence-electron chi connectivity index (χ0n) is 26.3. The van der Waals surface area contributed by atoms with E-state index < -0.39 is 0 Å². The molecular weight excluding hydrogens is 599 g/mol. The first kappa shape index (κ1) is 28.3. The Labute approximate surface area is 284 Å². The molecule has 0 aliphatic heterocycles. The van der Waals surface area contributed by atoms with Gasteiger partial charge in [0, 0.05) is 32.2 Å². The molecule has 0 N–H and O–H groups in total. The molecule has 2 heteroatoms. The normalized spacial score (nSPS) is 11.3. The van der Waals surface area contributed by atoms with Gasteiger partial charge in [-0.05, 0) is 75.2 Å². The standard InChI is InChI=1S/C46H31NS/c1-3-12-32(13-4-1)34-22-24-35(25-23-34)36-26-28-39(29-27-36)47(40-18-11-17-37(30-40)33-14-5-2-6-15-33)45-41-19-8-7-16-38(41)31-43-42-20-9-10-21-44(42)48-46(43)45/h1-31H. The molecule has 0 atom stereocenters.